The highest BCUT2D eigenvalue weighted by atomic mass is 32.1. The molecule has 0 atom stereocenters. The SMILES string of the molecule is c1ccc(-c2cc(-c3ccccc3)nc(-n3c4ccc(-c5ccc6c(c5)c5c7ccccc7sc5n6-c5nc(-c6ccccc6)cc(-c6ccccc6)n5)cc4c4c5ccccc5oc43)n2)cc1.c1ccc(-c2nc(-c3ccccc3)nc(-n3c4ccc(-c5ccc6c(c5)c5c7ccccc7sc5n6-c5nc(-c6ccccc6)nc(-c6ccccc6)n5)cc4c4c5ccccc5oc43)n2)cc1. The van der Waals surface area contributed by atoms with Crippen molar-refractivity contribution in [1.29, 1.82) is 0 Å². The monoisotopic (exact) mass is 1780 g/mol. The molecule has 0 saturated heterocycles. The Labute approximate surface area is 783 Å². The summed E-state index contributed by atoms with van der Waals surface area (Å²) in [4.78, 5) is 54.0. The highest BCUT2D eigenvalue weighted by Gasteiger charge is 2.30. The molecule has 0 spiro atoms. The Bertz CT molecular complexity index is 8270. The van der Waals surface area contributed by atoms with Crippen molar-refractivity contribution in [3.8, 4) is 137 Å². The number of benzene rings is 16. The van der Waals surface area contributed by atoms with Crippen molar-refractivity contribution in [1.82, 2.24) is 68.1 Å². The normalized spacial score (nSPS) is 11.8. The van der Waals surface area contributed by atoms with Gasteiger partial charge in [-0.25, -0.2) is 39.0 Å². The van der Waals surface area contributed by atoms with Gasteiger partial charge < -0.3 is 8.83 Å². The van der Waals surface area contributed by atoms with E-state index in [9.17, 15) is 0 Å². The lowest BCUT2D eigenvalue weighted by Crippen LogP contribution is -2.06. The van der Waals surface area contributed by atoms with E-state index in [0.29, 0.717) is 58.5 Å². The Morgan fingerprint density at radius 2 is 0.419 bits per heavy atom. The van der Waals surface area contributed by atoms with Gasteiger partial charge in [0, 0.05) is 108 Å². The highest BCUT2D eigenvalue weighted by molar-refractivity contribution is 7.26. The van der Waals surface area contributed by atoms with Crippen LogP contribution in [-0.2, 0) is 0 Å². The molecule has 0 aliphatic carbocycles. The summed E-state index contributed by atoms with van der Waals surface area (Å²) in [6.07, 6.45) is 0. The van der Waals surface area contributed by atoms with E-state index in [1.54, 1.807) is 22.7 Å². The second kappa shape index (κ2) is 31.9. The van der Waals surface area contributed by atoms with Crippen LogP contribution in [0.3, 0.4) is 0 Å². The molecule has 0 amide bonds. The molecular formula is C118H70N14O2S2. The van der Waals surface area contributed by atoms with Crippen LogP contribution in [-0.4, -0.2) is 68.1 Å². The topological polar surface area (TPSA) is 175 Å². The van der Waals surface area contributed by atoms with Crippen molar-refractivity contribution in [3.63, 3.8) is 0 Å². The number of hydrogen-bond donors (Lipinski definition) is 0. The molecule has 636 valence electrons. The number of para-hydroxylation sites is 2. The molecule has 0 fully saturated rings. The molecule has 0 aliphatic rings. The second-order valence-corrected chi connectivity index (χ2v) is 35.8. The number of thiophene rings is 2. The summed E-state index contributed by atoms with van der Waals surface area (Å²) in [5.74, 6) is 4.61. The molecular weight excluding hydrogens is 1710 g/mol. The average Bonchev–Trinajstić information content (AvgIpc) is 1.58. The van der Waals surface area contributed by atoms with Crippen LogP contribution in [0, 0.1) is 0 Å². The van der Waals surface area contributed by atoms with E-state index in [1.165, 1.54) is 30.9 Å². The van der Waals surface area contributed by atoms with Crippen molar-refractivity contribution in [2.24, 2.45) is 0 Å². The van der Waals surface area contributed by atoms with Gasteiger partial charge in [0.25, 0.3) is 0 Å². The minimum atomic E-state index is 0.475. The molecule has 12 heterocycles. The maximum Gasteiger partial charge on any atom is 0.241 e. The van der Waals surface area contributed by atoms with Crippen LogP contribution >= 0.6 is 22.7 Å². The number of aromatic nitrogens is 14. The maximum atomic E-state index is 6.79. The quantitative estimate of drug-likeness (QED) is 0.101. The van der Waals surface area contributed by atoms with Crippen LogP contribution in [0.2, 0.25) is 0 Å². The summed E-state index contributed by atoms with van der Waals surface area (Å²) in [6, 6.07) is 146. The largest absolute Gasteiger partial charge is 0.439 e. The van der Waals surface area contributed by atoms with Gasteiger partial charge in [-0.3, -0.25) is 9.13 Å². The predicted octanol–water partition coefficient (Wildman–Crippen LogP) is 30.3. The highest BCUT2D eigenvalue weighted by Crippen LogP contribution is 2.49. The lowest BCUT2D eigenvalue weighted by atomic mass is 10.00. The Hall–Kier alpha value is -18.1. The lowest BCUT2D eigenvalue weighted by Gasteiger charge is -2.12. The second-order valence-electron chi connectivity index (χ2n) is 33.8. The molecule has 0 saturated carbocycles. The smallest absolute Gasteiger partial charge is 0.241 e. The standard InChI is InChI=1S/C60H36N6OS.C58H34N8OS/c1-5-17-37(18-6-1)47-35-48(38-19-7-2-8-20-38)62-59(61-47)65-51-31-29-41(33-45(51)55-43-25-13-15-27-53(43)67-57(55)65)42-30-32-52-46(34-42)56-44-26-14-16-28-54(44)68-58(56)66(52)60-63-49(39-21-9-3-10-22-39)36-50(64-60)40-23-11-4-12-24-40;1-5-17-35(18-6-1)51-59-52(36-19-7-2-8-20-36)62-57(61-51)65-45-31-29-39(33-43(45)49-41-25-13-15-27-47(41)67-55(49)65)40-30-32-46-44(34-40)50-42-26-14-16-28-48(42)68-56(50)66(46)58-63-53(37-21-9-3-10-22-37)60-54(64-58)38-23-11-4-12-24-38/h1-36H;1-34H. The number of furan rings is 2. The molecule has 28 rings (SSSR count). The first-order valence-electron chi connectivity index (χ1n) is 45.0. The van der Waals surface area contributed by atoms with Gasteiger partial charge in [0.15, 0.2) is 23.3 Å². The lowest BCUT2D eigenvalue weighted by molar-refractivity contribution is 0.641. The minimum absolute atomic E-state index is 0.475. The van der Waals surface area contributed by atoms with Crippen LogP contribution in [0.4, 0.5) is 0 Å². The van der Waals surface area contributed by atoms with Crippen LogP contribution < -0.4 is 0 Å². The van der Waals surface area contributed by atoms with Gasteiger partial charge in [0.05, 0.1) is 55.6 Å². The summed E-state index contributed by atoms with van der Waals surface area (Å²) in [6.45, 7) is 0. The van der Waals surface area contributed by atoms with Crippen molar-refractivity contribution in [2.45, 2.75) is 0 Å². The fourth-order valence-corrected chi connectivity index (χ4v) is 21.8. The number of rotatable bonds is 14. The predicted molar refractivity (Wildman–Crippen MR) is 553 cm³/mol. The third kappa shape index (κ3) is 13.1. The molecule has 0 unspecified atom stereocenters. The van der Waals surface area contributed by atoms with Crippen LogP contribution in [0.5, 0.6) is 0 Å². The zero-order valence-corrected chi connectivity index (χ0v) is 73.9. The zero-order valence-electron chi connectivity index (χ0n) is 72.3. The van der Waals surface area contributed by atoms with Crippen molar-refractivity contribution in [3.05, 3.63) is 425 Å². The number of fused-ring (bicyclic) bond motifs is 20. The first kappa shape index (κ1) is 77.8. The van der Waals surface area contributed by atoms with Gasteiger partial charge in [-0.1, -0.05) is 340 Å². The van der Waals surface area contributed by atoms with Gasteiger partial charge in [-0.15, -0.1) is 22.7 Å². The molecule has 0 bridgehead atoms. The first-order valence-corrected chi connectivity index (χ1v) is 46.6. The van der Waals surface area contributed by atoms with Gasteiger partial charge in [-0.05, 0) is 107 Å². The summed E-state index contributed by atoms with van der Waals surface area (Å²) in [5, 5.41) is 13.2. The summed E-state index contributed by atoms with van der Waals surface area (Å²) in [5.41, 5.74) is 22.4. The fraction of sp³-hybridized carbons (Fsp3) is 0. The summed E-state index contributed by atoms with van der Waals surface area (Å²) < 4.78 is 24.6. The molecule has 18 heteroatoms. The molecule has 0 N–H and O–H groups in total. The number of hydrogen-bond acceptors (Lipinski definition) is 14. The van der Waals surface area contributed by atoms with Crippen LogP contribution in [0.25, 0.3) is 265 Å². The van der Waals surface area contributed by atoms with E-state index in [0.717, 1.165) is 176 Å². The van der Waals surface area contributed by atoms with E-state index >= 15 is 0 Å². The molecule has 16 nitrogen and oxygen atoms in total. The molecule has 0 aliphatic heterocycles. The van der Waals surface area contributed by atoms with Crippen LogP contribution in [0.15, 0.2) is 433 Å². The Morgan fingerprint density at radius 3 is 0.735 bits per heavy atom. The third-order valence-corrected chi connectivity index (χ3v) is 28.0. The van der Waals surface area contributed by atoms with Gasteiger partial charge in [-0.2, -0.15) is 19.9 Å². The zero-order chi connectivity index (χ0) is 89.4. The van der Waals surface area contributed by atoms with Crippen molar-refractivity contribution in [2.75, 3.05) is 0 Å². The molecule has 16 aromatic carbocycles. The molecule has 136 heavy (non-hydrogen) atoms. The fourth-order valence-electron chi connectivity index (χ4n) is 19.4. The summed E-state index contributed by atoms with van der Waals surface area (Å²) >= 11 is 3.53. The maximum absolute atomic E-state index is 6.79. The Balaban J connectivity index is 0.000000138. The Kier molecular flexibility index (Phi) is 18.2. The number of nitrogens with zero attached hydrogens (tertiary/aromatic N) is 14. The van der Waals surface area contributed by atoms with Crippen LogP contribution in [0.1, 0.15) is 0 Å². The first-order chi connectivity index (χ1) is 67.4. The van der Waals surface area contributed by atoms with E-state index in [1.807, 2.05) is 199 Å². The molecule has 28 aromatic rings. The van der Waals surface area contributed by atoms with E-state index in [-0.39, 0.29) is 0 Å². The van der Waals surface area contributed by atoms with E-state index < -0.39 is 0 Å². The molecule has 0 radical (unpaired) electrons. The summed E-state index contributed by atoms with van der Waals surface area (Å²) in [7, 11) is 0. The van der Waals surface area contributed by atoms with E-state index in [2.05, 4.69) is 244 Å². The third-order valence-electron chi connectivity index (χ3n) is 25.7. The van der Waals surface area contributed by atoms with Crippen molar-refractivity contribution < 1.29 is 8.83 Å². The van der Waals surface area contributed by atoms with Gasteiger partial charge in [0.1, 0.15) is 20.8 Å². The van der Waals surface area contributed by atoms with Gasteiger partial charge >= 0.3 is 0 Å². The minimum Gasteiger partial charge on any atom is -0.439 e. The van der Waals surface area contributed by atoms with Gasteiger partial charge in [0.2, 0.25) is 35.2 Å². The molecule has 12 aromatic heterocycles. The van der Waals surface area contributed by atoms with Crippen molar-refractivity contribution >= 4 is 151 Å². The Morgan fingerprint density at radius 1 is 0.176 bits per heavy atom. The average molecular weight is 1780 g/mol. The van der Waals surface area contributed by atoms with E-state index in [4.69, 9.17) is 58.7 Å².